The molecular formula is C22H27BrOSn. The Balaban J connectivity index is 1.99. The molecule has 0 fully saturated rings. The Morgan fingerprint density at radius 3 is 2.56 bits per heavy atom. The van der Waals surface area contributed by atoms with Gasteiger partial charge in [-0.15, -0.1) is 0 Å². The third kappa shape index (κ3) is 4.05. The van der Waals surface area contributed by atoms with Gasteiger partial charge in [-0.2, -0.15) is 0 Å². The second kappa shape index (κ2) is 7.56. The van der Waals surface area contributed by atoms with Crippen LogP contribution in [0.2, 0.25) is 14.8 Å². The molecule has 0 aliphatic heterocycles. The molecule has 0 saturated carbocycles. The van der Waals surface area contributed by atoms with Crippen molar-refractivity contribution in [1.82, 2.24) is 0 Å². The van der Waals surface area contributed by atoms with E-state index in [1.165, 1.54) is 24.8 Å². The average Bonchev–Trinajstić information content (AvgIpc) is 2.55. The number of carbonyl (C=O) groups is 1. The molecule has 0 saturated heterocycles. The third-order valence-corrected chi connectivity index (χ3v) is 12.9. The number of allylic oxidation sites excluding steroid dienone is 5. The van der Waals surface area contributed by atoms with Crippen LogP contribution in [0.3, 0.4) is 0 Å². The Kier molecular flexibility index (Phi) is 5.79. The Hall–Kier alpha value is -0.611. The summed E-state index contributed by atoms with van der Waals surface area (Å²) in [4.78, 5) is 20.0. The van der Waals surface area contributed by atoms with Crippen LogP contribution in [-0.2, 0) is 11.2 Å². The van der Waals surface area contributed by atoms with Gasteiger partial charge in [0.25, 0.3) is 0 Å². The van der Waals surface area contributed by atoms with E-state index in [9.17, 15) is 4.79 Å². The molecule has 0 amide bonds. The molecule has 1 aromatic rings. The first-order valence-corrected chi connectivity index (χ1v) is 20.0. The van der Waals surface area contributed by atoms with Gasteiger partial charge in [0.2, 0.25) is 0 Å². The number of hydrogen-bond acceptors (Lipinski definition) is 1. The Morgan fingerprint density at radius 1 is 1.12 bits per heavy atom. The predicted octanol–water partition coefficient (Wildman–Crippen LogP) is 6.61. The summed E-state index contributed by atoms with van der Waals surface area (Å²) in [5, 5.41) is 0. The van der Waals surface area contributed by atoms with Gasteiger partial charge >= 0.3 is 165 Å². The molecule has 25 heavy (non-hydrogen) atoms. The van der Waals surface area contributed by atoms with E-state index >= 15 is 0 Å². The number of ketones is 1. The zero-order valence-electron chi connectivity index (χ0n) is 15.5. The van der Waals surface area contributed by atoms with E-state index in [4.69, 9.17) is 0 Å². The van der Waals surface area contributed by atoms with Crippen molar-refractivity contribution in [2.45, 2.75) is 53.3 Å². The summed E-state index contributed by atoms with van der Waals surface area (Å²) in [5.41, 5.74) is 6.11. The number of Topliss-reactive ketones (excluding diaryl/α,β-unsaturated/α-hetero) is 1. The Bertz CT molecular complexity index is 792. The van der Waals surface area contributed by atoms with Crippen molar-refractivity contribution in [2.24, 2.45) is 0 Å². The Labute approximate surface area is 164 Å². The third-order valence-electron chi connectivity index (χ3n) is 5.35. The van der Waals surface area contributed by atoms with Crippen molar-refractivity contribution < 1.29 is 4.79 Å². The van der Waals surface area contributed by atoms with E-state index in [1.807, 2.05) is 0 Å². The summed E-state index contributed by atoms with van der Waals surface area (Å²) >= 11 is 1.54. The molecule has 3 heteroatoms. The summed E-state index contributed by atoms with van der Waals surface area (Å²) in [7, 11) is 0. The minimum atomic E-state index is -2.25. The molecule has 0 N–H and O–H groups in total. The van der Waals surface area contributed by atoms with Gasteiger partial charge in [-0.3, -0.25) is 0 Å². The molecule has 3 rings (SSSR count). The fourth-order valence-corrected chi connectivity index (χ4v) is 10.7. The van der Waals surface area contributed by atoms with Crippen molar-refractivity contribution in [3.05, 3.63) is 61.2 Å². The van der Waals surface area contributed by atoms with E-state index in [1.54, 1.807) is 0 Å². The molecule has 2 aliphatic carbocycles. The van der Waals surface area contributed by atoms with Crippen LogP contribution < -0.4 is 0 Å². The first-order chi connectivity index (χ1) is 11.8. The average molecular weight is 506 g/mol. The number of carbonyl (C=O) groups excluding carboxylic acids is 1. The van der Waals surface area contributed by atoms with Crippen LogP contribution in [0.1, 0.15) is 43.2 Å². The van der Waals surface area contributed by atoms with Crippen molar-refractivity contribution in [3.63, 3.8) is 0 Å². The molecular weight excluding hydrogens is 479 g/mol. The molecule has 1 nitrogen and oxygen atoms in total. The predicted molar refractivity (Wildman–Crippen MR) is 114 cm³/mol. The number of hydrogen-bond donors (Lipinski definition) is 0. The SMILES string of the molecule is C=C(CC1=[C]([Sn]([CH3])([CH3])[CH3])CCCC1=O)C1=C(Br)CCc2ccccc21. The molecule has 0 atom stereocenters. The van der Waals surface area contributed by atoms with Gasteiger partial charge in [-0.25, -0.2) is 0 Å². The number of aryl methyl sites for hydroxylation is 1. The van der Waals surface area contributed by atoms with E-state index < -0.39 is 18.4 Å². The van der Waals surface area contributed by atoms with Crippen molar-refractivity contribution >= 4 is 45.7 Å². The first kappa shape index (κ1) is 19.2. The quantitative estimate of drug-likeness (QED) is 0.421. The number of fused-ring (bicyclic) bond motifs is 1. The van der Waals surface area contributed by atoms with Crippen LogP contribution in [0.4, 0.5) is 0 Å². The van der Waals surface area contributed by atoms with E-state index in [2.05, 4.69) is 61.6 Å². The summed E-state index contributed by atoms with van der Waals surface area (Å²) < 4.78 is 2.77. The zero-order valence-corrected chi connectivity index (χ0v) is 20.0. The summed E-state index contributed by atoms with van der Waals surface area (Å²) in [6.07, 6.45) is 5.69. The van der Waals surface area contributed by atoms with Gasteiger partial charge in [-0.05, 0) is 0 Å². The molecule has 0 heterocycles. The fourth-order valence-electron chi connectivity index (χ4n) is 4.11. The maximum atomic E-state index is 12.7. The minimum absolute atomic E-state index is 0.370. The van der Waals surface area contributed by atoms with E-state index in [0.29, 0.717) is 12.2 Å². The van der Waals surface area contributed by atoms with Gasteiger partial charge in [-0.1, -0.05) is 0 Å². The molecule has 132 valence electrons. The standard InChI is InChI=1S/C19H18BrO.3CH3.Sn/c1-13(12-15-7-3-5-9-18(15)21)19-16-8-4-2-6-14(16)10-11-17(19)20;;;;/h2,4,6,8H,1,3,5,9-12H2;3*1H3;. The fraction of sp³-hybridized carbons (Fsp3) is 0.409. The van der Waals surface area contributed by atoms with Crippen LogP contribution in [0.15, 0.2) is 50.1 Å². The second-order valence-corrected chi connectivity index (χ2v) is 23.7. The van der Waals surface area contributed by atoms with Gasteiger partial charge in [0, 0.05) is 0 Å². The van der Waals surface area contributed by atoms with E-state index in [0.717, 1.165) is 43.3 Å². The molecule has 0 spiro atoms. The monoisotopic (exact) mass is 506 g/mol. The summed E-state index contributed by atoms with van der Waals surface area (Å²) in [6, 6.07) is 8.61. The van der Waals surface area contributed by atoms with Gasteiger partial charge in [0.1, 0.15) is 0 Å². The van der Waals surface area contributed by atoms with Crippen molar-refractivity contribution in [2.75, 3.05) is 0 Å². The topological polar surface area (TPSA) is 17.1 Å². The normalized spacial score (nSPS) is 18.5. The van der Waals surface area contributed by atoms with Crippen LogP contribution in [0, 0.1) is 0 Å². The van der Waals surface area contributed by atoms with Gasteiger partial charge in [0.15, 0.2) is 0 Å². The number of rotatable bonds is 4. The molecule has 0 aromatic heterocycles. The Morgan fingerprint density at radius 2 is 1.84 bits per heavy atom. The molecule has 0 bridgehead atoms. The van der Waals surface area contributed by atoms with Gasteiger partial charge < -0.3 is 0 Å². The molecule has 2 aliphatic rings. The zero-order chi connectivity index (χ0) is 18.2. The number of halogens is 1. The van der Waals surface area contributed by atoms with Crippen molar-refractivity contribution in [1.29, 1.82) is 0 Å². The van der Waals surface area contributed by atoms with Crippen LogP contribution in [-0.4, -0.2) is 24.2 Å². The van der Waals surface area contributed by atoms with E-state index in [-0.39, 0.29) is 0 Å². The first-order valence-electron chi connectivity index (χ1n) is 9.20. The second-order valence-electron chi connectivity index (χ2n) is 8.20. The van der Waals surface area contributed by atoms with Crippen LogP contribution >= 0.6 is 15.9 Å². The molecule has 1 aromatic carbocycles. The van der Waals surface area contributed by atoms with Crippen molar-refractivity contribution in [3.8, 4) is 0 Å². The maximum absolute atomic E-state index is 12.7. The number of benzene rings is 1. The molecule has 0 radical (unpaired) electrons. The van der Waals surface area contributed by atoms with Crippen LogP contribution in [0.5, 0.6) is 0 Å². The molecule has 0 unspecified atom stereocenters. The van der Waals surface area contributed by atoms with Crippen LogP contribution in [0.25, 0.3) is 5.57 Å². The van der Waals surface area contributed by atoms with Gasteiger partial charge in [0.05, 0.1) is 0 Å². The summed E-state index contributed by atoms with van der Waals surface area (Å²) in [5.74, 6) is 0.370. The summed E-state index contributed by atoms with van der Waals surface area (Å²) in [6.45, 7) is 4.42.